The number of hydrogen-bond acceptors (Lipinski definition) is 4. The van der Waals surface area contributed by atoms with Crippen LogP contribution in [-0.4, -0.2) is 50.0 Å². The quantitative estimate of drug-likeness (QED) is 0.327. The number of nitrogens with zero attached hydrogens (tertiary/aromatic N) is 2. The van der Waals surface area contributed by atoms with Crippen molar-refractivity contribution < 1.29 is 22.4 Å². The fourth-order valence-corrected chi connectivity index (χ4v) is 6.47. The summed E-state index contributed by atoms with van der Waals surface area (Å²) in [6.45, 7) is 3.25. The molecule has 4 rings (SSSR count). The molecule has 1 atom stereocenters. The van der Waals surface area contributed by atoms with E-state index in [0.717, 1.165) is 53.8 Å². The van der Waals surface area contributed by atoms with Gasteiger partial charge in [-0.25, -0.2) is 12.8 Å². The summed E-state index contributed by atoms with van der Waals surface area (Å²) in [5.74, 6) is -1.21. The molecule has 0 unspecified atom stereocenters. The smallest absolute Gasteiger partial charge is 0.244 e. The molecule has 1 aliphatic carbocycles. The van der Waals surface area contributed by atoms with Gasteiger partial charge in [0.05, 0.1) is 11.9 Å². The fraction of sp³-hybridized carbons (Fsp3) is 0.394. The maximum Gasteiger partial charge on any atom is 0.244 e. The van der Waals surface area contributed by atoms with Crippen LogP contribution in [0.1, 0.15) is 54.4 Å². The third-order valence-corrected chi connectivity index (χ3v) is 8.92. The van der Waals surface area contributed by atoms with E-state index in [1.54, 1.807) is 31.2 Å². The van der Waals surface area contributed by atoms with Crippen molar-refractivity contribution in [1.29, 1.82) is 0 Å². The van der Waals surface area contributed by atoms with Gasteiger partial charge in [-0.15, -0.1) is 0 Å². The highest BCUT2D eigenvalue weighted by Gasteiger charge is 2.34. The van der Waals surface area contributed by atoms with Gasteiger partial charge < -0.3 is 10.2 Å². The van der Waals surface area contributed by atoms with Gasteiger partial charge in [-0.2, -0.15) is 0 Å². The molecule has 3 aromatic carbocycles. The molecule has 224 valence electrons. The molecule has 1 aliphatic rings. The van der Waals surface area contributed by atoms with Crippen LogP contribution in [-0.2, 0) is 32.6 Å². The van der Waals surface area contributed by atoms with Gasteiger partial charge in [-0.3, -0.25) is 13.9 Å². The lowest BCUT2D eigenvalue weighted by molar-refractivity contribution is -0.140. The van der Waals surface area contributed by atoms with Crippen LogP contribution in [0.15, 0.2) is 72.8 Å². The normalized spacial score (nSPS) is 14.7. The lowest BCUT2D eigenvalue weighted by Gasteiger charge is -2.35. The summed E-state index contributed by atoms with van der Waals surface area (Å²) >= 11 is 0. The van der Waals surface area contributed by atoms with Crippen LogP contribution in [0.3, 0.4) is 0 Å². The lowest BCUT2D eigenvalue weighted by Crippen LogP contribution is -2.55. The minimum absolute atomic E-state index is 0.0131. The van der Waals surface area contributed by atoms with E-state index < -0.39 is 34.3 Å². The molecule has 1 saturated carbocycles. The summed E-state index contributed by atoms with van der Waals surface area (Å²) in [7, 11) is -3.85. The number of amides is 2. The summed E-state index contributed by atoms with van der Waals surface area (Å²) in [4.78, 5) is 29.6. The standard InChI is InChI=1S/C33H40FN3O4S/c1-24-14-19-30(25(2)20-24)37(42(3,40)41)23-32(38)36(22-27-15-17-28(34)18-16-27)31(21-26-10-6-4-7-11-26)33(39)35-29-12-8-5-9-13-29/h4,6-7,10-11,14-20,29,31H,5,8-9,12-13,21-23H2,1-3H3,(H,35,39)/t31-/m1/s1. The predicted octanol–water partition coefficient (Wildman–Crippen LogP) is 5.30. The SMILES string of the molecule is Cc1ccc(N(CC(=O)N(Cc2ccc(F)cc2)[C@H](Cc2ccccc2)C(=O)NC2CCCCC2)S(C)(=O)=O)c(C)c1. The lowest BCUT2D eigenvalue weighted by atomic mass is 9.94. The number of rotatable bonds is 11. The molecule has 1 N–H and O–H groups in total. The zero-order chi connectivity index (χ0) is 30.3. The largest absolute Gasteiger partial charge is 0.352 e. The predicted molar refractivity (Wildman–Crippen MR) is 164 cm³/mol. The van der Waals surface area contributed by atoms with Crippen molar-refractivity contribution in [3.63, 3.8) is 0 Å². The molecule has 42 heavy (non-hydrogen) atoms. The van der Waals surface area contributed by atoms with Crippen molar-refractivity contribution in [2.45, 2.75) is 71.0 Å². The van der Waals surface area contributed by atoms with E-state index in [0.29, 0.717) is 16.8 Å². The van der Waals surface area contributed by atoms with Crippen molar-refractivity contribution in [2.75, 3.05) is 17.1 Å². The van der Waals surface area contributed by atoms with Crippen LogP contribution in [0.4, 0.5) is 10.1 Å². The summed E-state index contributed by atoms with van der Waals surface area (Å²) in [5, 5.41) is 3.18. The van der Waals surface area contributed by atoms with Crippen molar-refractivity contribution in [2.24, 2.45) is 0 Å². The van der Waals surface area contributed by atoms with Gasteiger partial charge in [0.2, 0.25) is 21.8 Å². The second-order valence-electron chi connectivity index (χ2n) is 11.3. The molecule has 0 bridgehead atoms. The molecule has 9 heteroatoms. The van der Waals surface area contributed by atoms with Crippen molar-refractivity contribution >= 4 is 27.5 Å². The highest BCUT2D eigenvalue weighted by atomic mass is 32.2. The van der Waals surface area contributed by atoms with Gasteiger partial charge in [0.25, 0.3) is 0 Å². The molecule has 0 aliphatic heterocycles. The van der Waals surface area contributed by atoms with E-state index in [2.05, 4.69) is 5.32 Å². The zero-order valence-electron chi connectivity index (χ0n) is 24.6. The van der Waals surface area contributed by atoms with E-state index >= 15 is 0 Å². The van der Waals surface area contributed by atoms with Crippen LogP contribution in [0.25, 0.3) is 0 Å². The highest BCUT2D eigenvalue weighted by Crippen LogP contribution is 2.25. The number of carbonyl (C=O) groups excluding carboxylic acids is 2. The summed E-state index contributed by atoms with van der Waals surface area (Å²) in [6.07, 6.45) is 6.27. The van der Waals surface area contributed by atoms with Crippen LogP contribution in [0, 0.1) is 19.7 Å². The van der Waals surface area contributed by atoms with Crippen LogP contribution in [0.5, 0.6) is 0 Å². The monoisotopic (exact) mass is 593 g/mol. The molecule has 0 radical (unpaired) electrons. The minimum Gasteiger partial charge on any atom is -0.352 e. The Morgan fingerprint density at radius 1 is 0.929 bits per heavy atom. The number of carbonyl (C=O) groups is 2. The number of hydrogen-bond donors (Lipinski definition) is 1. The molecular formula is C33H40FN3O4S. The maximum atomic E-state index is 14.2. The second-order valence-corrected chi connectivity index (χ2v) is 13.2. The van der Waals surface area contributed by atoms with E-state index in [9.17, 15) is 22.4 Å². The van der Waals surface area contributed by atoms with Gasteiger partial charge in [0, 0.05) is 19.0 Å². The molecule has 1 fully saturated rings. The Kier molecular flexibility index (Phi) is 10.4. The van der Waals surface area contributed by atoms with E-state index in [4.69, 9.17) is 0 Å². The van der Waals surface area contributed by atoms with Crippen LogP contribution >= 0.6 is 0 Å². The Labute approximate surface area is 248 Å². The molecule has 7 nitrogen and oxygen atoms in total. The Hall–Kier alpha value is -3.72. The van der Waals surface area contributed by atoms with Crippen LogP contribution in [0.2, 0.25) is 0 Å². The first-order chi connectivity index (χ1) is 20.0. The Morgan fingerprint density at radius 2 is 1.60 bits per heavy atom. The second kappa shape index (κ2) is 14.0. The Bertz CT molecular complexity index is 1470. The third-order valence-electron chi connectivity index (χ3n) is 7.79. The number of halogens is 1. The summed E-state index contributed by atoms with van der Waals surface area (Å²) in [6, 6.07) is 19.7. The van der Waals surface area contributed by atoms with Gasteiger partial charge in [0.1, 0.15) is 18.4 Å². The Morgan fingerprint density at radius 3 is 2.21 bits per heavy atom. The number of aryl methyl sites for hydroxylation is 2. The number of benzene rings is 3. The van der Waals surface area contributed by atoms with Crippen molar-refractivity contribution in [3.8, 4) is 0 Å². The number of anilines is 1. The van der Waals surface area contributed by atoms with E-state index in [-0.39, 0.29) is 24.9 Å². The number of nitrogens with one attached hydrogen (secondary N) is 1. The minimum atomic E-state index is -3.85. The molecule has 0 aromatic heterocycles. The molecule has 0 spiro atoms. The van der Waals surface area contributed by atoms with Gasteiger partial charge in [-0.1, -0.05) is 79.4 Å². The highest BCUT2D eigenvalue weighted by molar-refractivity contribution is 7.92. The number of sulfonamides is 1. The fourth-order valence-electron chi connectivity index (χ4n) is 5.56. The molecule has 3 aromatic rings. The van der Waals surface area contributed by atoms with E-state index in [1.807, 2.05) is 43.3 Å². The molecule has 2 amide bonds. The van der Waals surface area contributed by atoms with Gasteiger partial charge >= 0.3 is 0 Å². The first kappa shape index (κ1) is 31.2. The molecular weight excluding hydrogens is 553 g/mol. The zero-order valence-corrected chi connectivity index (χ0v) is 25.4. The first-order valence-electron chi connectivity index (χ1n) is 14.4. The first-order valence-corrected chi connectivity index (χ1v) is 16.3. The van der Waals surface area contributed by atoms with Crippen molar-refractivity contribution in [3.05, 3.63) is 101 Å². The Balaban J connectivity index is 1.73. The van der Waals surface area contributed by atoms with Gasteiger partial charge in [0.15, 0.2) is 0 Å². The summed E-state index contributed by atoms with van der Waals surface area (Å²) in [5.41, 5.74) is 3.59. The van der Waals surface area contributed by atoms with Crippen LogP contribution < -0.4 is 9.62 Å². The van der Waals surface area contributed by atoms with Gasteiger partial charge in [-0.05, 0) is 61.6 Å². The average Bonchev–Trinajstić information content (AvgIpc) is 2.95. The third kappa shape index (κ3) is 8.41. The topological polar surface area (TPSA) is 86.8 Å². The van der Waals surface area contributed by atoms with Crippen molar-refractivity contribution in [1.82, 2.24) is 10.2 Å². The molecule has 0 heterocycles. The average molecular weight is 594 g/mol. The molecule has 0 saturated heterocycles. The summed E-state index contributed by atoms with van der Waals surface area (Å²) < 4.78 is 40.9. The maximum absolute atomic E-state index is 14.2. The van der Waals surface area contributed by atoms with E-state index in [1.165, 1.54) is 17.0 Å².